The number of rotatable bonds is 4. The van der Waals surface area contributed by atoms with Gasteiger partial charge in [-0.25, -0.2) is 4.79 Å². The molecule has 1 heterocycles. The van der Waals surface area contributed by atoms with Gasteiger partial charge in [0.15, 0.2) is 0 Å². The lowest BCUT2D eigenvalue weighted by Crippen LogP contribution is -2.35. The number of nitrogens with zero attached hydrogens (tertiary/aromatic N) is 1. The van der Waals surface area contributed by atoms with Crippen molar-refractivity contribution < 1.29 is 27.6 Å². The molecule has 132 valence electrons. The van der Waals surface area contributed by atoms with Crippen LogP contribution in [0.4, 0.5) is 23.7 Å². The Morgan fingerprint density at radius 1 is 1.29 bits per heavy atom. The van der Waals surface area contributed by atoms with Gasteiger partial charge in [-0.2, -0.15) is 13.2 Å². The van der Waals surface area contributed by atoms with Gasteiger partial charge in [0.25, 0.3) is 0 Å². The van der Waals surface area contributed by atoms with E-state index in [0.29, 0.717) is 0 Å². The molecule has 0 radical (unpaired) electrons. The fourth-order valence-corrected chi connectivity index (χ4v) is 2.03. The van der Waals surface area contributed by atoms with Gasteiger partial charge in [-0.1, -0.05) is 0 Å². The minimum atomic E-state index is -4.58. The molecule has 4 amide bonds. The molecule has 0 atom stereocenters. The van der Waals surface area contributed by atoms with E-state index >= 15 is 0 Å². The number of imide groups is 1. The summed E-state index contributed by atoms with van der Waals surface area (Å²) in [5, 5.41) is 4.25. The fraction of sp³-hybridized carbons (Fsp3) is 0.308. The zero-order valence-corrected chi connectivity index (χ0v) is 13.0. The van der Waals surface area contributed by atoms with Gasteiger partial charge in [-0.3, -0.25) is 14.9 Å². The van der Waals surface area contributed by atoms with Crippen molar-refractivity contribution in [2.24, 2.45) is 5.73 Å². The van der Waals surface area contributed by atoms with E-state index in [9.17, 15) is 27.6 Å². The third kappa shape index (κ3) is 4.83. The number of anilines is 1. The average molecular weight is 367 g/mol. The number of hydrogen-bond acceptors (Lipinski definition) is 4. The molecular weight excluding hydrogens is 353 g/mol. The number of benzene rings is 1. The van der Waals surface area contributed by atoms with Gasteiger partial charge in [0.2, 0.25) is 11.8 Å². The van der Waals surface area contributed by atoms with E-state index in [1.165, 1.54) is 6.07 Å². The highest BCUT2D eigenvalue weighted by Gasteiger charge is 2.32. The summed E-state index contributed by atoms with van der Waals surface area (Å²) >= 11 is 0. The van der Waals surface area contributed by atoms with Gasteiger partial charge in [-0.05, 0) is 23.8 Å². The van der Waals surface area contributed by atoms with Crippen LogP contribution in [0.25, 0.3) is 0 Å². The molecule has 0 aliphatic carbocycles. The average Bonchev–Trinajstić information content (AvgIpc) is 2.75. The van der Waals surface area contributed by atoms with Crippen molar-refractivity contribution in [1.29, 1.82) is 0 Å². The van der Waals surface area contributed by atoms with E-state index in [4.69, 9.17) is 5.73 Å². The van der Waals surface area contributed by atoms with E-state index in [1.54, 1.807) is 0 Å². The smallest absolute Gasteiger partial charge is 0.326 e. The largest absolute Gasteiger partial charge is 0.416 e. The highest BCUT2D eigenvalue weighted by molar-refractivity contribution is 6.04. The summed E-state index contributed by atoms with van der Waals surface area (Å²) in [4.78, 5) is 35.1. The molecule has 0 aromatic heterocycles. The maximum atomic E-state index is 12.8. The molecular formula is C13H14ClF3N4O3. The van der Waals surface area contributed by atoms with Crippen LogP contribution >= 0.6 is 12.4 Å². The van der Waals surface area contributed by atoms with Crippen LogP contribution in [0, 0.1) is 0 Å². The maximum Gasteiger partial charge on any atom is 0.416 e. The standard InChI is InChI=1S/C13H13F3N4O3.ClH/c14-13(15,16)8-1-7(4-17)2-9(3-8)18-10(21)5-20-6-11(22)19-12(20)23;/h1-3H,4-6,17H2,(H,18,21)(H,19,22,23);1H. The second-order valence-electron chi connectivity index (χ2n) is 4.88. The summed E-state index contributed by atoms with van der Waals surface area (Å²) in [6, 6.07) is 2.24. The molecule has 1 aromatic carbocycles. The Balaban J connectivity index is 0.00000288. The van der Waals surface area contributed by atoms with Crippen LogP contribution in [-0.4, -0.2) is 35.8 Å². The van der Waals surface area contributed by atoms with Crippen LogP contribution in [-0.2, 0) is 22.3 Å². The molecule has 0 spiro atoms. The number of alkyl halides is 3. The Labute approximate surface area is 140 Å². The first kappa shape index (κ1) is 19.7. The molecule has 2 rings (SSSR count). The summed E-state index contributed by atoms with van der Waals surface area (Å²) in [5.74, 6) is -1.27. The van der Waals surface area contributed by atoms with Crippen molar-refractivity contribution in [2.45, 2.75) is 12.7 Å². The highest BCUT2D eigenvalue weighted by Crippen LogP contribution is 2.32. The van der Waals surface area contributed by atoms with Crippen LogP contribution < -0.4 is 16.4 Å². The number of amides is 4. The molecule has 7 nitrogen and oxygen atoms in total. The van der Waals surface area contributed by atoms with Gasteiger partial charge >= 0.3 is 12.2 Å². The fourth-order valence-electron chi connectivity index (χ4n) is 2.03. The number of carbonyl (C=O) groups is 3. The Kier molecular flexibility index (Phi) is 6.16. The number of urea groups is 1. The first-order valence-electron chi connectivity index (χ1n) is 6.49. The molecule has 24 heavy (non-hydrogen) atoms. The van der Waals surface area contributed by atoms with Crippen LogP contribution in [0.5, 0.6) is 0 Å². The quantitative estimate of drug-likeness (QED) is 0.693. The third-order valence-corrected chi connectivity index (χ3v) is 3.04. The van der Waals surface area contributed by atoms with E-state index in [-0.39, 0.29) is 36.7 Å². The predicted molar refractivity (Wildman–Crippen MR) is 80.3 cm³/mol. The van der Waals surface area contributed by atoms with Crippen molar-refractivity contribution in [3.63, 3.8) is 0 Å². The van der Waals surface area contributed by atoms with E-state index in [0.717, 1.165) is 17.0 Å². The van der Waals surface area contributed by atoms with Gasteiger partial charge in [0.1, 0.15) is 13.1 Å². The lowest BCUT2D eigenvalue weighted by atomic mass is 10.1. The third-order valence-electron chi connectivity index (χ3n) is 3.04. The van der Waals surface area contributed by atoms with Crippen LogP contribution in [0.3, 0.4) is 0 Å². The number of halogens is 4. The number of carbonyl (C=O) groups excluding carboxylic acids is 3. The molecule has 1 fully saturated rings. The number of hydrogen-bond donors (Lipinski definition) is 3. The van der Waals surface area contributed by atoms with E-state index < -0.39 is 36.1 Å². The van der Waals surface area contributed by atoms with Crippen LogP contribution in [0.2, 0.25) is 0 Å². The van der Waals surface area contributed by atoms with Gasteiger partial charge in [0.05, 0.1) is 5.56 Å². The van der Waals surface area contributed by atoms with Gasteiger partial charge in [-0.15, -0.1) is 12.4 Å². The normalized spacial score (nSPS) is 14.2. The molecule has 1 saturated heterocycles. The van der Waals surface area contributed by atoms with Crippen molar-refractivity contribution in [2.75, 3.05) is 18.4 Å². The Hall–Kier alpha value is -2.33. The summed E-state index contributed by atoms with van der Waals surface area (Å²) in [5.41, 5.74) is 4.52. The summed E-state index contributed by atoms with van der Waals surface area (Å²) in [6.07, 6.45) is -4.58. The second kappa shape index (κ2) is 7.49. The van der Waals surface area contributed by atoms with Crippen LogP contribution in [0.1, 0.15) is 11.1 Å². The lowest BCUT2D eigenvalue weighted by Gasteiger charge is -2.15. The minimum Gasteiger partial charge on any atom is -0.326 e. The highest BCUT2D eigenvalue weighted by atomic mass is 35.5. The zero-order valence-electron chi connectivity index (χ0n) is 12.1. The number of nitrogens with one attached hydrogen (secondary N) is 2. The lowest BCUT2D eigenvalue weighted by molar-refractivity contribution is -0.137. The van der Waals surface area contributed by atoms with Crippen molar-refractivity contribution in [3.8, 4) is 0 Å². The van der Waals surface area contributed by atoms with Gasteiger partial charge in [0, 0.05) is 12.2 Å². The van der Waals surface area contributed by atoms with E-state index in [2.05, 4.69) is 5.32 Å². The Morgan fingerprint density at radius 2 is 1.96 bits per heavy atom. The van der Waals surface area contributed by atoms with Crippen molar-refractivity contribution in [3.05, 3.63) is 29.3 Å². The molecule has 1 aromatic rings. The predicted octanol–water partition coefficient (Wildman–Crippen LogP) is 1.08. The monoisotopic (exact) mass is 366 g/mol. The molecule has 0 unspecified atom stereocenters. The molecule has 11 heteroatoms. The summed E-state index contributed by atoms with van der Waals surface area (Å²) < 4.78 is 38.4. The van der Waals surface area contributed by atoms with Crippen molar-refractivity contribution in [1.82, 2.24) is 10.2 Å². The number of nitrogens with two attached hydrogens (primary N) is 1. The molecule has 1 aliphatic heterocycles. The first-order valence-corrected chi connectivity index (χ1v) is 6.49. The molecule has 0 saturated carbocycles. The summed E-state index contributed by atoms with van der Waals surface area (Å²) in [7, 11) is 0. The first-order chi connectivity index (χ1) is 10.7. The van der Waals surface area contributed by atoms with Crippen molar-refractivity contribution >= 4 is 35.9 Å². The molecule has 4 N–H and O–H groups in total. The minimum absolute atomic E-state index is 0. The van der Waals surface area contributed by atoms with Crippen LogP contribution in [0.15, 0.2) is 18.2 Å². The zero-order chi connectivity index (χ0) is 17.2. The van der Waals surface area contributed by atoms with Gasteiger partial charge < -0.3 is 16.0 Å². The topological polar surface area (TPSA) is 105 Å². The summed E-state index contributed by atoms with van der Waals surface area (Å²) in [6.45, 7) is -0.857. The molecule has 1 aliphatic rings. The molecule has 0 bridgehead atoms. The SMILES string of the molecule is Cl.NCc1cc(NC(=O)CN2CC(=O)NC2=O)cc(C(F)(F)F)c1. The maximum absolute atomic E-state index is 12.8. The second-order valence-corrected chi connectivity index (χ2v) is 4.88. The Morgan fingerprint density at radius 3 is 2.46 bits per heavy atom. The Bertz CT molecular complexity index is 666. The van der Waals surface area contributed by atoms with E-state index in [1.807, 2.05) is 5.32 Å².